The smallest absolute Gasteiger partial charge is 0.387 e. The van der Waals surface area contributed by atoms with Crippen molar-refractivity contribution in [3.63, 3.8) is 0 Å². The first-order valence-electron chi connectivity index (χ1n) is 8.52. The summed E-state index contributed by atoms with van der Waals surface area (Å²) in [6.07, 6.45) is 11.6. The van der Waals surface area contributed by atoms with Crippen molar-refractivity contribution in [1.82, 2.24) is 0 Å². The van der Waals surface area contributed by atoms with Gasteiger partial charge in [0.25, 0.3) is 0 Å². The molecule has 1 aliphatic carbocycles. The van der Waals surface area contributed by atoms with E-state index in [0.29, 0.717) is 12.0 Å². The highest BCUT2D eigenvalue weighted by molar-refractivity contribution is 5.50. The number of ether oxygens (including phenoxy) is 2. The Hall–Kier alpha value is -1.42. The number of benzene rings is 1. The largest absolute Gasteiger partial charge is 0.435 e. The summed E-state index contributed by atoms with van der Waals surface area (Å²) in [7, 11) is 0. The van der Waals surface area contributed by atoms with Crippen LogP contribution in [0.5, 0.6) is 5.75 Å². The van der Waals surface area contributed by atoms with E-state index < -0.39 is 6.61 Å². The molecule has 2 rings (SSSR count). The van der Waals surface area contributed by atoms with E-state index in [1.54, 1.807) is 24.3 Å². The highest BCUT2D eigenvalue weighted by atomic mass is 19.3. The average Bonchev–Trinajstić information content (AvgIpc) is 2.55. The second-order valence-corrected chi connectivity index (χ2v) is 6.07. The zero-order chi connectivity index (χ0) is 16.5. The van der Waals surface area contributed by atoms with E-state index in [9.17, 15) is 8.78 Å². The maximum Gasteiger partial charge on any atom is 0.387 e. The Morgan fingerprint density at radius 1 is 1.13 bits per heavy atom. The van der Waals surface area contributed by atoms with Crippen LogP contribution in [-0.4, -0.2) is 19.3 Å². The fourth-order valence-electron chi connectivity index (χ4n) is 2.85. The molecule has 0 radical (unpaired) electrons. The highest BCUT2D eigenvalue weighted by Crippen LogP contribution is 2.28. The van der Waals surface area contributed by atoms with Gasteiger partial charge in [-0.25, -0.2) is 0 Å². The first-order valence-corrected chi connectivity index (χ1v) is 8.52. The number of hydrogen-bond donors (Lipinski definition) is 0. The van der Waals surface area contributed by atoms with Crippen LogP contribution in [0.4, 0.5) is 8.78 Å². The third-order valence-corrected chi connectivity index (χ3v) is 4.24. The van der Waals surface area contributed by atoms with Gasteiger partial charge in [0.05, 0.1) is 6.10 Å². The van der Waals surface area contributed by atoms with Crippen molar-refractivity contribution < 1.29 is 18.3 Å². The van der Waals surface area contributed by atoms with E-state index in [4.69, 9.17) is 4.74 Å². The Morgan fingerprint density at radius 2 is 1.83 bits per heavy atom. The minimum absolute atomic E-state index is 0.196. The molecule has 1 aliphatic rings. The van der Waals surface area contributed by atoms with E-state index in [1.807, 2.05) is 0 Å². The molecular weight excluding hydrogens is 298 g/mol. The van der Waals surface area contributed by atoms with Crippen molar-refractivity contribution in [3.8, 4) is 5.75 Å². The van der Waals surface area contributed by atoms with Crippen LogP contribution in [-0.2, 0) is 4.74 Å². The van der Waals surface area contributed by atoms with Crippen molar-refractivity contribution in [3.05, 3.63) is 35.9 Å². The van der Waals surface area contributed by atoms with E-state index in [1.165, 1.54) is 6.42 Å². The SMILES string of the molecule is CCCCO[C@H]1CC[C@H](/C=C/c2ccc(OC(F)F)cc2)CC1. The van der Waals surface area contributed by atoms with Gasteiger partial charge in [-0.05, 0) is 55.7 Å². The summed E-state index contributed by atoms with van der Waals surface area (Å²) in [6, 6.07) is 6.75. The Bertz CT molecular complexity index is 463. The lowest BCUT2D eigenvalue weighted by molar-refractivity contribution is -0.0498. The summed E-state index contributed by atoms with van der Waals surface area (Å²) in [5, 5.41) is 0. The average molecular weight is 324 g/mol. The molecule has 1 fully saturated rings. The van der Waals surface area contributed by atoms with Crippen LogP contribution in [0.2, 0.25) is 0 Å². The number of rotatable bonds is 8. The monoisotopic (exact) mass is 324 g/mol. The molecule has 0 spiro atoms. The van der Waals surface area contributed by atoms with E-state index in [2.05, 4.69) is 23.8 Å². The van der Waals surface area contributed by atoms with Gasteiger partial charge in [0.15, 0.2) is 0 Å². The number of allylic oxidation sites excluding steroid dienone is 1. The first-order chi connectivity index (χ1) is 11.2. The molecule has 0 unspecified atom stereocenters. The third kappa shape index (κ3) is 6.69. The summed E-state index contributed by atoms with van der Waals surface area (Å²) in [5.41, 5.74) is 1.01. The zero-order valence-electron chi connectivity index (χ0n) is 13.7. The molecule has 0 heterocycles. The van der Waals surface area contributed by atoms with Crippen LogP contribution in [0.15, 0.2) is 30.3 Å². The summed E-state index contributed by atoms with van der Waals surface area (Å²) < 4.78 is 34.4. The van der Waals surface area contributed by atoms with Crippen molar-refractivity contribution in [2.24, 2.45) is 5.92 Å². The molecule has 1 aromatic rings. The van der Waals surface area contributed by atoms with Gasteiger partial charge < -0.3 is 9.47 Å². The van der Waals surface area contributed by atoms with Gasteiger partial charge in [-0.15, -0.1) is 0 Å². The Morgan fingerprint density at radius 3 is 2.43 bits per heavy atom. The Labute approximate surface area is 137 Å². The lowest BCUT2D eigenvalue weighted by atomic mass is 9.87. The quantitative estimate of drug-likeness (QED) is 0.573. The third-order valence-electron chi connectivity index (χ3n) is 4.24. The Kier molecular flexibility index (Phi) is 7.53. The van der Waals surface area contributed by atoms with Crippen LogP contribution in [0.3, 0.4) is 0 Å². The molecule has 23 heavy (non-hydrogen) atoms. The standard InChI is InChI=1S/C19H26F2O2/c1-2-3-14-22-17-10-6-15(7-11-17)4-5-16-8-12-18(13-9-16)23-19(20)21/h4-5,8-9,12-13,15,17,19H,2-3,6-7,10-11,14H2,1H3/b5-4+/t15-,17-. The fraction of sp³-hybridized carbons (Fsp3) is 0.579. The van der Waals surface area contributed by atoms with Crippen LogP contribution in [0.25, 0.3) is 6.08 Å². The second-order valence-electron chi connectivity index (χ2n) is 6.07. The van der Waals surface area contributed by atoms with Gasteiger partial charge in [0.2, 0.25) is 0 Å². The number of hydrogen-bond acceptors (Lipinski definition) is 2. The summed E-state index contributed by atoms with van der Waals surface area (Å²) in [5.74, 6) is 0.778. The topological polar surface area (TPSA) is 18.5 Å². The van der Waals surface area contributed by atoms with Gasteiger partial charge in [-0.1, -0.05) is 37.6 Å². The zero-order valence-corrected chi connectivity index (χ0v) is 13.7. The van der Waals surface area contributed by atoms with Crippen molar-refractivity contribution in [1.29, 1.82) is 0 Å². The maximum absolute atomic E-state index is 12.1. The second kappa shape index (κ2) is 9.66. The predicted molar refractivity (Wildman–Crippen MR) is 88.7 cm³/mol. The normalized spacial score (nSPS) is 21.9. The van der Waals surface area contributed by atoms with Gasteiger partial charge in [-0.3, -0.25) is 0 Å². The van der Waals surface area contributed by atoms with E-state index in [-0.39, 0.29) is 5.75 Å². The molecule has 0 atom stereocenters. The predicted octanol–water partition coefficient (Wildman–Crippen LogP) is 5.68. The van der Waals surface area contributed by atoms with Crippen molar-refractivity contribution in [2.45, 2.75) is 58.2 Å². The van der Waals surface area contributed by atoms with Crippen LogP contribution >= 0.6 is 0 Å². The number of unbranched alkanes of at least 4 members (excludes halogenated alkanes) is 1. The molecular formula is C19H26F2O2. The van der Waals surface area contributed by atoms with Gasteiger partial charge in [-0.2, -0.15) is 8.78 Å². The fourth-order valence-corrected chi connectivity index (χ4v) is 2.85. The molecule has 0 N–H and O–H groups in total. The Balaban J connectivity index is 1.74. The molecule has 0 saturated heterocycles. The van der Waals surface area contributed by atoms with Crippen LogP contribution in [0.1, 0.15) is 51.0 Å². The number of alkyl halides is 2. The van der Waals surface area contributed by atoms with Crippen molar-refractivity contribution >= 4 is 6.08 Å². The molecule has 1 saturated carbocycles. The highest BCUT2D eigenvalue weighted by Gasteiger charge is 2.19. The molecule has 0 amide bonds. The summed E-state index contributed by atoms with van der Waals surface area (Å²) >= 11 is 0. The minimum Gasteiger partial charge on any atom is -0.435 e. The molecule has 128 valence electrons. The molecule has 0 bridgehead atoms. The van der Waals surface area contributed by atoms with Gasteiger partial charge in [0.1, 0.15) is 5.75 Å². The summed E-state index contributed by atoms with van der Waals surface area (Å²) in [6.45, 7) is 0.289. The maximum atomic E-state index is 12.1. The molecule has 4 heteroatoms. The van der Waals surface area contributed by atoms with E-state index >= 15 is 0 Å². The number of halogens is 2. The minimum atomic E-state index is -2.77. The van der Waals surface area contributed by atoms with Crippen molar-refractivity contribution in [2.75, 3.05) is 6.61 Å². The van der Waals surface area contributed by atoms with E-state index in [0.717, 1.165) is 44.3 Å². The van der Waals surface area contributed by atoms with Crippen LogP contribution < -0.4 is 4.74 Å². The van der Waals surface area contributed by atoms with Gasteiger partial charge in [0, 0.05) is 6.61 Å². The lowest BCUT2D eigenvalue weighted by Crippen LogP contribution is -2.21. The molecule has 0 aromatic heterocycles. The molecule has 0 aliphatic heterocycles. The molecule has 1 aromatic carbocycles. The molecule has 2 nitrogen and oxygen atoms in total. The van der Waals surface area contributed by atoms with Gasteiger partial charge >= 0.3 is 6.61 Å². The summed E-state index contributed by atoms with van der Waals surface area (Å²) in [4.78, 5) is 0. The lowest BCUT2D eigenvalue weighted by Gasteiger charge is -2.26. The first kappa shape index (κ1) is 17.9. The van der Waals surface area contributed by atoms with Crippen LogP contribution in [0, 0.1) is 5.92 Å².